The Morgan fingerprint density at radius 3 is 2.37 bits per heavy atom. The van der Waals surface area contributed by atoms with Gasteiger partial charge in [-0.05, 0) is 27.9 Å². The molecule has 0 aromatic carbocycles. The van der Waals surface area contributed by atoms with E-state index in [-0.39, 0.29) is 11.9 Å². The number of likely N-dealkylation sites (N-methyl/N-ethyl adjacent to an activating group) is 2. The molecule has 0 fully saturated rings. The van der Waals surface area contributed by atoms with Crippen molar-refractivity contribution in [2.45, 2.75) is 19.9 Å². The van der Waals surface area contributed by atoms with Crippen LogP contribution in [0.25, 0.3) is 0 Å². The Morgan fingerprint density at radius 2 is 2.00 bits per heavy atom. The highest BCUT2D eigenvalue weighted by Gasteiger charge is 2.20. The third-order valence-electron chi connectivity index (χ3n) is 2.58. The first-order valence-electron chi connectivity index (χ1n) is 5.90. The van der Waals surface area contributed by atoms with Gasteiger partial charge in [-0.15, -0.1) is 0 Å². The van der Waals surface area contributed by atoms with Gasteiger partial charge in [0.1, 0.15) is 0 Å². The van der Waals surface area contributed by atoms with Crippen LogP contribution in [0.2, 0.25) is 0 Å². The summed E-state index contributed by atoms with van der Waals surface area (Å²) in [6, 6.07) is 0.0644. The van der Waals surface area contributed by atoms with Gasteiger partial charge in [-0.2, -0.15) is 0 Å². The molecule has 0 aliphatic carbocycles. The topological polar surface area (TPSA) is 47.4 Å². The number of rotatable bonds is 7. The molecule has 1 N–H and O–H groups in total. The first-order chi connectivity index (χ1) is 8.83. The van der Waals surface area contributed by atoms with Crippen LogP contribution in [0.1, 0.15) is 13.8 Å². The number of nitrogens with zero attached hydrogens (tertiary/aromatic N) is 2. The lowest BCUT2D eigenvalue weighted by atomic mass is 10.2. The van der Waals surface area contributed by atoms with Crippen molar-refractivity contribution in [1.82, 2.24) is 9.80 Å². The Morgan fingerprint density at radius 1 is 1.42 bits per heavy atom. The number of amides is 1. The molecular weight excluding hydrogens is 282 g/mol. The van der Waals surface area contributed by atoms with Crippen molar-refractivity contribution < 1.29 is 4.79 Å². The Labute approximate surface area is 125 Å². The van der Waals surface area contributed by atoms with E-state index in [0.29, 0.717) is 11.6 Å². The zero-order chi connectivity index (χ0) is 15.0. The van der Waals surface area contributed by atoms with Crippen LogP contribution in [0.15, 0.2) is 22.1 Å². The highest BCUT2D eigenvalue weighted by Crippen LogP contribution is 2.21. The number of nitrogens with one attached hydrogen (secondary N) is 1. The van der Waals surface area contributed by atoms with Gasteiger partial charge >= 0.3 is 0 Å². The van der Waals surface area contributed by atoms with E-state index in [1.165, 1.54) is 23.4 Å². The van der Waals surface area contributed by atoms with Gasteiger partial charge in [0.25, 0.3) is 0 Å². The highest BCUT2D eigenvalue weighted by molar-refractivity contribution is 8.15. The number of carbonyl (C=O) groups excluding carboxylic acids is 1. The van der Waals surface area contributed by atoms with E-state index in [1.54, 1.807) is 18.9 Å². The Hall–Kier alpha value is -0.780. The van der Waals surface area contributed by atoms with Crippen molar-refractivity contribution in [3.8, 4) is 0 Å². The maximum absolute atomic E-state index is 11.9. The molecular formula is C13H22ClN3OS. The van der Waals surface area contributed by atoms with Gasteiger partial charge in [-0.25, -0.2) is 0 Å². The number of hydrogen-bond donors (Lipinski definition) is 1. The van der Waals surface area contributed by atoms with Gasteiger partial charge < -0.3 is 15.2 Å². The first-order valence-corrected chi connectivity index (χ1v) is 7.16. The van der Waals surface area contributed by atoms with Gasteiger partial charge in [0.15, 0.2) is 0 Å². The third-order valence-corrected chi connectivity index (χ3v) is 3.58. The summed E-state index contributed by atoms with van der Waals surface area (Å²) in [6.07, 6.45) is 3.38. The maximum Gasteiger partial charge on any atom is 0.247 e. The van der Waals surface area contributed by atoms with Crippen LogP contribution in [0.5, 0.6) is 0 Å². The summed E-state index contributed by atoms with van der Waals surface area (Å²) in [5.74, 6) is -0.116. The quantitative estimate of drug-likeness (QED) is 0.447. The van der Waals surface area contributed by atoms with E-state index in [2.05, 4.69) is 0 Å². The molecule has 0 spiro atoms. The molecule has 0 saturated carbocycles. The predicted molar refractivity (Wildman–Crippen MR) is 84.9 cm³/mol. The second kappa shape index (κ2) is 9.18. The van der Waals surface area contributed by atoms with Crippen LogP contribution in [0, 0.1) is 5.41 Å². The predicted octanol–water partition coefficient (Wildman–Crippen LogP) is 2.76. The Kier molecular flexibility index (Phi) is 8.80. The SMILES string of the molecule is C/C=C(/SC=N)C(CN(C)C(=O)/C=C(/C)Cl)N(C)C. The molecule has 6 heteroatoms. The van der Waals surface area contributed by atoms with Gasteiger partial charge in [0, 0.05) is 29.6 Å². The minimum atomic E-state index is -0.116. The lowest BCUT2D eigenvalue weighted by Crippen LogP contribution is -2.41. The van der Waals surface area contributed by atoms with Crippen LogP contribution in [0.4, 0.5) is 0 Å². The number of allylic oxidation sites excluding steroid dienone is 2. The summed E-state index contributed by atoms with van der Waals surface area (Å²) in [6.45, 7) is 4.17. The highest BCUT2D eigenvalue weighted by atomic mass is 35.5. The van der Waals surface area contributed by atoms with Crippen LogP contribution in [-0.4, -0.2) is 55.0 Å². The van der Waals surface area contributed by atoms with Gasteiger partial charge in [0.05, 0.1) is 11.6 Å². The second-order valence-electron chi connectivity index (χ2n) is 4.36. The average Bonchev–Trinajstić information content (AvgIpc) is 2.31. The summed E-state index contributed by atoms with van der Waals surface area (Å²) in [5.41, 5.74) is 1.30. The standard InChI is InChI=1S/C13H22ClN3OS/c1-6-12(19-9-15)11(16(3)4)8-17(5)13(18)7-10(2)14/h6-7,9,11,15H,8H2,1-5H3/b10-7-,12-6+,15-9?. The molecule has 0 aliphatic rings. The number of carbonyl (C=O) groups is 1. The molecule has 0 rings (SSSR count). The summed E-state index contributed by atoms with van der Waals surface area (Å²) in [4.78, 5) is 16.6. The van der Waals surface area contributed by atoms with Crippen LogP contribution < -0.4 is 0 Å². The Balaban J connectivity index is 4.90. The fourth-order valence-corrected chi connectivity index (χ4v) is 2.35. The molecule has 0 radical (unpaired) electrons. The molecule has 0 saturated heterocycles. The molecule has 1 amide bonds. The van der Waals surface area contributed by atoms with Crippen molar-refractivity contribution in [2.24, 2.45) is 0 Å². The van der Waals surface area contributed by atoms with Crippen molar-refractivity contribution in [3.05, 3.63) is 22.1 Å². The summed E-state index contributed by atoms with van der Waals surface area (Å²) in [5, 5.41) is 7.67. The zero-order valence-corrected chi connectivity index (χ0v) is 13.7. The smallest absolute Gasteiger partial charge is 0.247 e. The van der Waals surface area contributed by atoms with E-state index >= 15 is 0 Å². The normalized spacial score (nSPS) is 14.5. The van der Waals surface area contributed by atoms with Crippen molar-refractivity contribution in [1.29, 1.82) is 5.41 Å². The number of hydrogen-bond acceptors (Lipinski definition) is 4. The molecule has 1 unspecified atom stereocenters. The molecule has 19 heavy (non-hydrogen) atoms. The van der Waals surface area contributed by atoms with E-state index in [1.807, 2.05) is 32.0 Å². The average molecular weight is 304 g/mol. The maximum atomic E-state index is 11.9. The van der Waals surface area contributed by atoms with Crippen LogP contribution in [0.3, 0.4) is 0 Å². The van der Waals surface area contributed by atoms with Crippen molar-refractivity contribution in [3.63, 3.8) is 0 Å². The van der Waals surface area contributed by atoms with Crippen molar-refractivity contribution in [2.75, 3.05) is 27.7 Å². The minimum absolute atomic E-state index is 0.0644. The zero-order valence-electron chi connectivity index (χ0n) is 12.1. The second-order valence-corrected chi connectivity index (χ2v) is 5.90. The van der Waals surface area contributed by atoms with Gasteiger partial charge in [0.2, 0.25) is 5.91 Å². The van der Waals surface area contributed by atoms with Gasteiger partial charge in [-0.1, -0.05) is 29.4 Å². The molecule has 108 valence electrons. The minimum Gasteiger partial charge on any atom is -0.340 e. The molecule has 1 atom stereocenters. The summed E-state index contributed by atoms with van der Waals surface area (Å²) >= 11 is 7.08. The molecule has 0 bridgehead atoms. The van der Waals surface area contributed by atoms with Crippen molar-refractivity contribution >= 4 is 34.8 Å². The lowest BCUT2D eigenvalue weighted by Gasteiger charge is -2.30. The van der Waals surface area contributed by atoms with E-state index in [0.717, 1.165) is 4.91 Å². The lowest BCUT2D eigenvalue weighted by molar-refractivity contribution is -0.125. The Bertz CT molecular complexity index is 376. The van der Waals surface area contributed by atoms with E-state index < -0.39 is 0 Å². The number of halogens is 1. The summed E-state index contributed by atoms with van der Waals surface area (Å²) < 4.78 is 0. The van der Waals surface area contributed by atoms with E-state index in [9.17, 15) is 4.79 Å². The van der Waals surface area contributed by atoms with E-state index in [4.69, 9.17) is 17.0 Å². The molecule has 0 aromatic rings. The fraction of sp³-hybridized carbons (Fsp3) is 0.538. The number of thioether (sulfide) groups is 1. The molecule has 0 aliphatic heterocycles. The van der Waals surface area contributed by atoms with Crippen LogP contribution in [-0.2, 0) is 4.79 Å². The summed E-state index contributed by atoms with van der Waals surface area (Å²) in [7, 11) is 5.66. The van der Waals surface area contributed by atoms with Crippen LogP contribution >= 0.6 is 23.4 Å². The fourth-order valence-electron chi connectivity index (χ4n) is 1.54. The monoisotopic (exact) mass is 303 g/mol. The molecule has 0 aromatic heterocycles. The largest absolute Gasteiger partial charge is 0.340 e. The molecule has 0 heterocycles. The third kappa shape index (κ3) is 6.80. The van der Waals surface area contributed by atoms with Gasteiger partial charge in [-0.3, -0.25) is 4.79 Å². The molecule has 4 nitrogen and oxygen atoms in total. The first kappa shape index (κ1) is 18.2.